The van der Waals surface area contributed by atoms with Crippen LogP contribution >= 0.6 is 0 Å². The summed E-state index contributed by atoms with van der Waals surface area (Å²) in [6.45, 7) is 0. The van der Waals surface area contributed by atoms with Gasteiger partial charge in [0, 0.05) is 28.3 Å². The number of rotatable bonds is 5. The Balaban J connectivity index is 1.16. The maximum Gasteiger partial charge on any atom is 0.181 e. The zero-order valence-corrected chi connectivity index (χ0v) is 25.0. The molecule has 9 aromatic rings. The Morgan fingerprint density at radius 2 is 0.913 bits per heavy atom. The predicted molar refractivity (Wildman–Crippen MR) is 192 cm³/mol. The van der Waals surface area contributed by atoms with Gasteiger partial charge in [0.05, 0.1) is 0 Å². The number of para-hydroxylation sites is 1. The Kier molecular flexibility index (Phi) is 6.14. The smallest absolute Gasteiger partial charge is 0.181 e. The Bertz CT molecular complexity index is 2410. The number of benzene rings is 7. The predicted octanol–water partition coefficient (Wildman–Crippen LogP) is 12.1. The lowest BCUT2D eigenvalue weighted by atomic mass is 10.0. The third kappa shape index (κ3) is 4.49. The fourth-order valence-electron chi connectivity index (χ4n) is 6.53. The topological polar surface area (TPSA) is 29.3 Å². The van der Waals surface area contributed by atoms with Gasteiger partial charge in [-0.3, -0.25) is 4.90 Å². The van der Waals surface area contributed by atoms with Gasteiger partial charge in [-0.2, -0.15) is 0 Å². The molecule has 0 radical (unpaired) electrons. The fraction of sp³-hybridized carbons (Fsp3) is 0. The molecule has 3 heteroatoms. The lowest BCUT2D eigenvalue weighted by Crippen LogP contribution is -2.11. The van der Waals surface area contributed by atoms with E-state index in [1.165, 1.54) is 32.7 Å². The molecule has 2 heterocycles. The number of hydrogen-bond acceptors (Lipinski definition) is 3. The van der Waals surface area contributed by atoms with Crippen molar-refractivity contribution in [2.24, 2.45) is 0 Å². The molecule has 0 saturated carbocycles. The molecule has 2 aromatic heterocycles. The summed E-state index contributed by atoms with van der Waals surface area (Å²) in [5.74, 6) is 0.755. The standard InChI is InChI=1S/C43H28N2O/c1-3-9-33-27-35(15-13-29(33)7-1)31-17-21-37(22-18-31)45(43-42-40(25-26-44-43)39-11-5-6-12-41(39)46-42)38-23-19-32(20-24-38)36-16-14-30-8-2-4-10-34(30)28-36/h1-28H. The van der Waals surface area contributed by atoms with E-state index in [0.717, 1.165) is 50.3 Å². The molecule has 0 bridgehead atoms. The van der Waals surface area contributed by atoms with Crippen molar-refractivity contribution in [3.8, 4) is 22.3 Å². The van der Waals surface area contributed by atoms with Gasteiger partial charge in [0.15, 0.2) is 11.4 Å². The first-order valence-electron chi connectivity index (χ1n) is 15.5. The number of hydrogen-bond donors (Lipinski definition) is 0. The van der Waals surface area contributed by atoms with Crippen molar-refractivity contribution < 1.29 is 4.42 Å². The third-order valence-corrected chi connectivity index (χ3v) is 8.90. The van der Waals surface area contributed by atoms with Crippen molar-refractivity contribution in [2.75, 3.05) is 4.90 Å². The zero-order valence-electron chi connectivity index (χ0n) is 25.0. The molecule has 0 atom stereocenters. The molecule has 7 aromatic carbocycles. The minimum Gasteiger partial charge on any atom is -0.452 e. The molecule has 46 heavy (non-hydrogen) atoms. The minimum atomic E-state index is 0.755. The summed E-state index contributed by atoms with van der Waals surface area (Å²) in [7, 11) is 0. The normalized spacial score (nSPS) is 11.5. The van der Waals surface area contributed by atoms with E-state index in [4.69, 9.17) is 9.40 Å². The average molecular weight is 589 g/mol. The third-order valence-electron chi connectivity index (χ3n) is 8.90. The molecule has 0 fully saturated rings. The summed E-state index contributed by atoms with van der Waals surface area (Å²) in [6.07, 6.45) is 1.87. The van der Waals surface area contributed by atoms with Gasteiger partial charge in [0.1, 0.15) is 5.58 Å². The summed E-state index contributed by atoms with van der Waals surface area (Å²) in [5.41, 5.74) is 8.33. The van der Waals surface area contributed by atoms with Crippen molar-refractivity contribution in [3.63, 3.8) is 0 Å². The van der Waals surface area contributed by atoms with Crippen LogP contribution in [0, 0.1) is 0 Å². The van der Waals surface area contributed by atoms with Crippen LogP contribution in [0.3, 0.4) is 0 Å². The number of pyridine rings is 1. The SMILES string of the molecule is c1ccc2cc(-c3ccc(N(c4ccc(-c5ccc6ccccc6c5)cc4)c4nccc5c4oc4ccccc45)cc3)ccc2c1. The summed E-state index contributed by atoms with van der Waals surface area (Å²) in [6, 6.07) is 57.9. The zero-order chi connectivity index (χ0) is 30.5. The number of fused-ring (bicyclic) bond motifs is 5. The summed E-state index contributed by atoms with van der Waals surface area (Å²) in [4.78, 5) is 7.11. The van der Waals surface area contributed by atoms with E-state index in [-0.39, 0.29) is 0 Å². The molecule has 0 N–H and O–H groups in total. The number of anilines is 3. The van der Waals surface area contributed by atoms with Crippen LogP contribution in [0.5, 0.6) is 0 Å². The first kappa shape index (κ1) is 26.2. The average Bonchev–Trinajstić information content (AvgIpc) is 3.51. The van der Waals surface area contributed by atoms with Gasteiger partial charge in [0.2, 0.25) is 0 Å². The Morgan fingerprint density at radius 3 is 1.50 bits per heavy atom. The summed E-state index contributed by atoms with van der Waals surface area (Å²) in [5, 5.41) is 7.08. The first-order valence-corrected chi connectivity index (χ1v) is 15.5. The van der Waals surface area contributed by atoms with Crippen molar-refractivity contribution in [2.45, 2.75) is 0 Å². The highest BCUT2D eigenvalue weighted by molar-refractivity contribution is 6.09. The molecule has 0 aliphatic carbocycles. The quantitative estimate of drug-likeness (QED) is 0.200. The minimum absolute atomic E-state index is 0.755. The van der Waals surface area contributed by atoms with Gasteiger partial charge in [-0.25, -0.2) is 4.98 Å². The first-order chi connectivity index (χ1) is 22.8. The molecule has 216 valence electrons. The van der Waals surface area contributed by atoms with Crippen molar-refractivity contribution in [1.82, 2.24) is 4.98 Å². The van der Waals surface area contributed by atoms with Crippen LogP contribution in [0.1, 0.15) is 0 Å². The molecule has 3 nitrogen and oxygen atoms in total. The Morgan fingerprint density at radius 1 is 0.413 bits per heavy atom. The van der Waals surface area contributed by atoms with Crippen LogP contribution in [0.15, 0.2) is 174 Å². The highest BCUT2D eigenvalue weighted by Crippen LogP contribution is 2.41. The van der Waals surface area contributed by atoms with Crippen LogP contribution in [0.4, 0.5) is 17.2 Å². The van der Waals surface area contributed by atoms with Gasteiger partial charge in [-0.1, -0.05) is 115 Å². The van der Waals surface area contributed by atoms with E-state index in [1.807, 2.05) is 30.5 Å². The Hall–Kier alpha value is -6.19. The van der Waals surface area contributed by atoms with Crippen molar-refractivity contribution in [3.05, 3.63) is 170 Å². The lowest BCUT2D eigenvalue weighted by molar-refractivity contribution is 0.667. The fourth-order valence-corrected chi connectivity index (χ4v) is 6.53. The lowest BCUT2D eigenvalue weighted by Gasteiger charge is -2.25. The number of aromatic nitrogens is 1. The van der Waals surface area contributed by atoms with Crippen molar-refractivity contribution >= 4 is 60.7 Å². The van der Waals surface area contributed by atoms with E-state index in [0.29, 0.717) is 0 Å². The summed E-state index contributed by atoms with van der Waals surface area (Å²) >= 11 is 0. The van der Waals surface area contributed by atoms with Crippen LogP contribution in [0.25, 0.3) is 65.7 Å². The molecule has 0 aliphatic rings. The van der Waals surface area contributed by atoms with Crippen LogP contribution in [0.2, 0.25) is 0 Å². The van der Waals surface area contributed by atoms with E-state index in [9.17, 15) is 0 Å². The van der Waals surface area contributed by atoms with Gasteiger partial charge in [-0.05, 0) is 92.3 Å². The molecule has 0 spiro atoms. The molecular weight excluding hydrogens is 560 g/mol. The van der Waals surface area contributed by atoms with Gasteiger partial charge in [-0.15, -0.1) is 0 Å². The number of furan rings is 1. The molecular formula is C43H28N2O. The van der Waals surface area contributed by atoms with Crippen LogP contribution in [-0.2, 0) is 0 Å². The highest BCUT2D eigenvalue weighted by atomic mass is 16.3. The second-order valence-corrected chi connectivity index (χ2v) is 11.7. The molecule has 0 unspecified atom stereocenters. The van der Waals surface area contributed by atoms with Crippen molar-refractivity contribution in [1.29, 1.82) is 0 Å². The monoisotopic (exact) mass is 588 g/mol. The van der Waals surface area contributed by atoms with Gasteiger partial charge in [0.25, 0.3) is 0 Å². The highest BCUT2D eigenvalue weighted by Gasteiger charge is 2.21. The molecule has 0 aliphatic heterocycles. The van der Waals surface area contributed by atoms with E-state index in [1.54, 1.807) is 0 Å². The van der Waals surface area contributed by atoms with Crippen LogP contribution in [-0.4, -0.2) is 4.98 Å². The Labute approximate surface area is 266 Å². The van der Waals surface area contributed by atoms with Crippen LogP contribution < -0.4 is 4.90 Å². The summed E-state index contributed by atoms with van der Waals surface area (Å²) < 4.78 is 6.47. The van der Waals surface area contributed by atoms with Gasteiger partial charge < -0.3 is 4.42 Å². The molecule has 0 amide bonds. The van der Waals surface area contributed by atoms with E-state index in [2.05, 4.69) is 144 Å². The molecule has 0 saturated heterocycles. The molecule has 9 rings (SSSR count). The largest absolute Gasteiger partial charge is 0.452 e. The van der Waals surface area contributed by atoms with E-state index < -0.39 is 0 Å². The maximum atomic E-state index is 6.47. The second kappa shape index (κ2) is 10.8. The van der Waals surface area contributed by atoms with Gasteiger partial charge >= 0.3 is 0 Å². The van der Waals surface area contributed by atoms with E-state index >= 15 is 0 Å². The number of nitrogens with zero attached hydrogens (tertiary/aromatic N) is 2. The maximum absolute atomic E-state index is 6.47. The second-order valence-electron chi connectivity index (χ2n) is 11.7.